The lowest BCUT2D eigenvalue weighted by Crippen LogP contribution is -2.50. The van der Waals surface area contributed by atoms with Crippen molar-refractivity contribution in [3.63, 3.8) is 0 Å². The molecule has 0 unspecified atom stereocenters. The van der Waals surface area contributed by atoms with Crippen molar-refractivity contribution in [2.45, 2.75) is 32.1 Å². The predicted octanol–water partition coefficient (Wildman–Crippen LogP) is 1.99. The number of carbonyl (C=O) groups excluding carboxylic acids is 1. The summed E-state index contributed by atoms with van der Waals surface area (Å²) in [6.07, 6.45) is 4.64. The molecule has 3 rings (SSSR count). The number of nitrogens with zero attached hydrogens (tertiary/aromatic N) is 3. The largest absolute Gasteiger partial charge is 0.342 e. The van der Waals surface area contributed by atoms with Crippen molar-refractivity contribution in [2.75, 3.05) is 40.3 Å². The molecular formula is C20H31N3O3S. The molecule has 2 aliphatic rings. The van der Waals surface area contributed by atoms with Crippen LogP contribution in [0.15, 0.2) is 30.3 Å². The molecule has 0 spiro atoms. The van der Waals surface area contributed by atoms with E-state index < -0.39 is 10.2 Å². The van der Waals surface area contributed by atoms with Crippen molar-refractivity contribution >= 4 is 16.1 Å². The van der Waals surface area contributed by atoms with E-state index in [1.807, 2.05) is 11.0 Å². The van der Waals surface area contributed by atoms with E-state index >= 15 is 0 Å². The molecule has 2 saturated heterocycles. The minimum atomic E-state index is -3.44. The summed E-state index contributed by atoms with van der Waals surface area (Å²) in [4.78, 5) is 14.9. The molecule has 0 aliphatic carbocycles. The van der Waals surface area contributed by atoms with Crippen molar-refractivity contribution in [3.05, 3.63) is 35.9 Å². The molecule has 1 aromatic carbocycles. The monoisotopic (exact) mass is 393 g/mol. The Kier molecular flexibility index (Phi) is 6.55. The predicted molar refractivity (Wildman–Crippen MR) is 106 cm³/mol. The molecule has 0 bridgehead atoms. The molecule has 7 heteroatoms. The van der Waals surface area contributed by atoms with E-state index in [1.54, 1.807) is 0 Å². The first kappa shape index (κ1) is 20.3. The first-order valence-electron chi connectivity index (χ1n) is 9.88. The lowest BCUT2D eigenvalue weighted by molar-refractivity contribution is -0.138. The second-order valence-corrected chi connectivity index (χ2v) is 10.1. The lowest BCUT2D eigenvalue weighted by atomic mass is 9.89. The lowest BCUT2D eigenvalue weighted by Gasteiger charge is -2.38. The smallest absolute Gasteiger partial charge is 0.281 e. The third-order valence-electron chi connectivity index (χ3n) is 5.81. The normalized spacial score (nSPS) is 22.9. The number of hydrogen-bond acceptors (Lipinski definition) is 3. The van der Waals surface area contributed by atoms with Gasteiger partial charge in [0, 0.05) is 40.3 Å². The summed E-state index contributed by atoms with van der Waals surface area (Å²) in [6.45, 7) is 2.38. The van der Waals surface area contributed by atoms with Crippen molar-refractivity contribution < 1.29 is 13.2 Å². The maximum Gasteiger partial charge on any atom is 0.281 e. The molecule has 1 atom stereocenters. The first-order valence-corrected chi connectivity index (χ1v) is 11.3. The van der Waals surface area contributed by atoms with Crippen molar-refractivity contribution in [1.82, 2.24) is 13.5 Å². The van der Waals surface area contributed by atoms with Gasteiger partial charge in [-0.25, -0.2) is 0 Å². The van der Waals surface area contributed by atoms with Gasteiger partial charge in [0.1, 0.15) is 0 Å². The van der Waals surface area contributed by atoms with Gasteiger partial charge in [-0.15, -0.1) is 0 Å². The highest BCUT2D eigenvalue weighted by Crippen LogP contribution is 2.26. The highest BCUT2D eigenvalue weighted by molar-refractivity contribution is 7.86. The van der Waals surface area contributed by atoms with Gasteiger partial charge in [0.25, 0.3) is 10.2 Å². The number of carbonyl (C=O) groups is 1. The maximum absolute atomic E-state index is 13.0. The van der Waals surface area contributed by atoms with Crippen LogP contribution in [0.25, 0.3) is 0 Å². The van der Waals surface area contributed by atoms with Crippen molar-refractivity contribution in [1.29, 1.82) is 0 Å². The van der Waals surface area contributed by atoms with E-state index in [1.165, 1.54) is 28.3 Å². The zero-order chi connectivity index (χ0) is 19.4. The minimum Gasteiger partial charge on any atom is -0.342 e. The summed E-state index contributed by atoms with van der Waals surface area (Å²) >= 11 is 0. The number of likely N-dealkylation sites (tertiary alicyclic amines) is 1. The first-order chi connectivity index (χ1) is 12.9. The summed E-state index contributed by atoms with van der Waals surface area (Å²) in [5, 5.41) is 0. The summed E-state index contributed by atoms with van der Waals surface area (Å²) in [7, 11) is -0.365. The molecule has 27 heavy (non-hydrogen) atoms. The minimum absolute atomic E-state index is 0.131. The van der Waals surface area contributed by atoms with Crippen LogP contribution in [-0.2, 0) is 21.4 Å². The highest BCUT2D eigenvalue weighted by atomic mass is 32.2. The molecule has 150 valence electrons. The Morgan fingerprint density at radius 3 is 2.37 bits per heavy atom. The third-order valence-corrected chi connectivity index (χ3v) is 7.72. The van der Waals surface area contributed by atoms with Gasteiger partial charge in [0.15, 0.2) is 0 Å². The molecule has 0 saturated carbocycles. The van der Waals surface area contributed by atoms with Gasteiger partial charge >= 0.3 is 0 Å². The Labute approximate surface area is 163 Å². The fraction of sp³-hybridized carbons (Fsp3) is 0.650. The zero-order valence-electron chi connectivity index (χ0n) is 16.4. The Bertz CT molecular complexity index is 728. The molecule has 0 aromatic heterocycles. The molecule has 0 N–H and O–H groups in total. The summed E-state index contributed by atoms with van der Waals surface area (Å²) < 4.78 is 27.4. The number of benzene rings is 1. The molecule has 2 heterocycles. The zero-order valence-corrected chi connectivity index (χ0v) is 17.2. The van der Waals surface area contributed by atoms with Crippen LogP contribution in [0.1, 0.15) is 31.2 Å². The van der Waals surface area contributed by atoms with Gasteiger partial charge in [0.05, 0.1) is 5.92 Å². The fourth-order valence-corrected chi connectivity index (χ4v) is 5.34. The quantitative estimate of drug-likeness (QED) is 0.769. The van der Waals surface area contributed by atoms with Gasteiger partial charge in [-0.05, 0) is 43.6 Å². The third kappa shape index (κ3) is 4.89. The summed E-state index contributed by atoms with van der Waals surface area (Å²) in [5.74, 6) is 0.541. The maximum atomic E-state index is 13.0. The van der Waals surface area contributed by atoms with Gasteiger partial charge in [-0.2, -0.15) is 17.0 Å². The van der Waals surface area contributed by atoms with Crippen LogP contribution in [0.4, 0.5) is 0 Å². The highest BCUT2D eigenvalue weighted by Gasteiger charge is 2.36. The van der Waals surface area contributed by atoms with E-state index in [0.29, 0.717) is 19.0 Å². The Hall–Kier alpha value is -1.44. The van der Waals surface area contributed by atoms with Crippen molar-refractivity contribution in [2.24, 2.45) is 11.8 Å². The second kappa shape index (κ2) is 8.71. The molecule has 0 radical (unpaired) electrons. The topological polar surface area (TPSA) is 60.9 Å². The Balaban J connectivity index is 1.53. The number of piperidine rings is 2. The van der Waals surface area contributed by atoms with Crippen LogP contribution in [0.2, 0.25) is 0 Å². The molecule has 6 nitrogen and oxygen atoms in total. The SMILES string of the molecule is CN(C)S(=O)(=O)N1CCC[C@H](C(=O)N2CCC(Cc3ccccc3)CC2)C1. The fourth-order valence-electron chi connectivity index (χ4n) is 4.15. The Morgan fingerprint density at radius 1 is 1.07 bits per heavy atom. The number of rotatable bonds is 5. The molecule has 2 fully saturated rings. The van der Waals surface area contributed by atoms with Crippen molar-refractivity contribution in [3.8, 4) is 0 Å². The molecule has 1 amide bonds. The summed E-state index contributed by atoms with van der Waals surface area (Å²) in [6, 6.07) is 10.5. The molecular weight excluding hydrogens is 362 g/mol. The van der Waals surface area contributed by atoms with Gasteiger partial charge < -0.3 is 4.90 Å². The van der Waals surface area contributed by atoms with Crippen LogP contribution in [0, 0.1) is 11.8 Å². The van der Waals surface area contributed by atoms with Gasteiger partial charge in [-0.1, -0.05) is 30.3 Å². The van der Waals surface area contributed by atoms with Crippen LogP contribution in [0.5, 0.6) is 0 Å². The van der Waals surface area contributed by atoms with Crippen LogP contribution < -0.4 is 0 Å². The molecule has 2 aliphatic heterocycles. The van der Waals surface area contributed by atoms with Crippen LogP contribution in [0.3, 0.4) is 0 Å². The molecule has 1 aromatic rings. The van der Waals surface area contributed by atoms with Gasteiger partial charge in [0.2, 0.25) is 5.91 Å². The van der Waals surface area contributed by atoms with E-state index in [0.717, 1.165) is 45.2 Å². The standard InChI is InChI=1S/C20H31N3O3S/c1-21(2)27(25,26)23-12-6-9-19(16-23)20(24)22-13-10-18(11-14-22)15-17-7-4-3-5-8-17/h3-5,7-8,18-19H,6,9-16H2,1-2H3/t19-/m0/s1. The van der Waals surface area contributed by atoms with E-state index in [4.69, 9.17) is 0 Å². The average molecular weight is 394 g/mol. The Morgan fingerprint density at radius 2 is 1.74 bits per heavy atom. The number of amides is 1. The van der Waals surface area contributed by atoms with E-state index in [-0.39, 0.29) is 11.8 Å². The van der Waals surface area contributed by atoms with E-state index in [9.17, 15) is 13.2 Å². The second-order valence-electron chi connectivity index (χ2n) is 7.95. The average Bonchev–Trinajstić information content (AvgIpc) is 2.69. The van der Waals surface area contributed by atoms with Gasteiger partial charge in [-0.3, -0.25) is 4.79 Å². The number of hydrogen-bond donors (Lipinski definition) is 0. The van der Waals surface area contributed by atoms with Crippen LogP contribution >= 0.6 is 0 Å². The van der Waals surface area contributed by atoms with E-state index in [2.05, 4.69) is 24.3 Å². The van der Waals surface area contributed by atoms with Crippen LogP contribution in [-0.4, -0.2) is 68.1 Å². The summed E-state index contributed by atoms with van der Waals surface area (Å²) in [5.41, 5.74) is 1.36.